The Bertz CT molecular complexity index is 831. The van der Waals surface area contributed by atoms with Crippen molar-refractivity contribution in [1.29, 1.82) is 0 Å². The van der Waals surface area contributed by atoms with E-state index in [1.807, 2.05) is 0 Å². The van der Waals surface area contributed by atoms with Crippen LogP contribution in [-0.4, -0.2) is 40.1 Å². The summed E-state index contributed by atoms with van der Waals surface area (Å²) in [5.41, 5.74) is 0.464. The molecule has 1 aliphatic rings. The molecule has 0 spiro atoms. The van der Waals surface area contributed by atoms with Crippen molar-refractivity contribution in [2.75, 3.05) is 0 Å². The number of hydrogen-bond donors (Lipinski definition) is 1. The highest BCUT2D eigenvalue weighted by molar-refractivity contribution is 7.99. The van der Waals surface area contributed by atoms with Crippen molar-refractivity contribution >= 4 is 11.8 Å². The Labute approximate surface area is 149 Å². The van der Waals surface area contributed by atoms with E-state index in [0.717, 1.165) is 5.03 Å². The standard InChI is InChI=1S/C17H18N6OS/c24-14-8-15(23-7-6-18-11-23)19-9-13(14)17-20-10-16(21-22-17)25-12-4-2-1-3-5-12/h6-12H,1-5H2,(H,19,24). The summed E-state index contributed by atoms with van der Waals surface area (Å²) >= 11 is 1.75. The molecule has 0 saturated heterocycles. The second-order valence-electron chi connectivity index (χ2n) is 6.03. The largest absolute Gasteiger partial charge is 0.507 e. The zero-order valence-corrected chi connectivity index (χ0v) is 14.4. The lowest BCUT2D eigenvalue weighted by Gasteiger charge is -2.19. The van der Waals surface area contributed by atoms with E-state index in [2.05, 4.69) is 25.1 Å². The molecule has 1 fully saturated rings. The van der Waals surface area contributed by atoms with Crippen LogP contribution in [0.15, 0.2) is 42.2 Å². The molecule has 0 bridgehead atoms. The average Bonchev–Trinajstić information content (AvgIpc) is 3.18. The van der Waals surface area contributed by atoms with Crippen LogP contribution in [0.4, 0.5) is 0 Å². The van der Waals surface area contributed by atoms with Crippen LogP contribution in [-0.2, 0) is 0 Å². The molecular formula is C17H18N6OS. The summed E-state index contributed by atoms with van der Waals surface area (Å²) in [5.74, 6) is 1.01. The van der Waals surface area contributed by atoms with Crippen LogP contribution in [0.1, 0.15) is 32.1 Å². The molecule has 0 radical (unpaired) electrons. The van der Waals surface area contributed by atoms with Gasteiger partial charge in [0.15, 0.2) is 5.82 Å². The first-order valence-electron chi connectivity index (χ1n) is 8.34. The van der Waals surface area contributed by atoms with E-state index in [4.69, 9.17) is 0 Å². The molecule has 128 valence electrons. The number of aromatic nitrogens is 6. The van der Waals surface area contributed by atoms with Gasteiger partial charge in [-0.05, 0) is 12.8 Å². The van der Waals surface area contributed by atoms with E-state index in [0.29, 0.717) is 22.5 Å². The minimum Gasteiger partial charge on any atom is -0.507 e. The lowest BCUT2D eigenvalue weighted by molar-refractivity contribution is 0.475. The molecule has 25 heavy (non-hydrogen) atoms. The Balaban J connectivity index is 1.51. The van der Waals surface area contributed by atoms with Gasteiger partial charge in [-0.25, -0.2) is 15.0 Å². The monoisotopic (exact) mass is 354 g/mol. The highest BCUT2D eigenvalue weighted by Crippen LogP contribution is 2.33. The molecule has 1 aliphatic carbocycles. The molecule has 1 N–H and O–H groups in total. The number of aromatic hydroxyl groups is 1. The molecule has 0 atom stereocenters. The molecular weight excluding hydrogens is 336 g/mol. The molecule has 3 heterocycles. The number of thioether (sulfide) groups is 1. The lowest BCUT2D eigenvalue weighted by Crippen LogP contribution is -2.08. The van der Waals surface area contributed by atoms with Crippen molar-refractivity contribution in [1.82, 2.24) is 29.7 Å². The van der Waals surface area contributed by atoms with Crippen molar-refractivity contribution in [2.24, 2.45) is 0 Å². The lowest BCUT2D eigenvalue weighted by atomic mass is 10.0. The van der Waals surface area contributed by atoms with Crippen LogP contribution in [0.25, 0.3) is 17.2 Å². The Hall–Kier alpha value is -2.48. The van der Waals surface area contributed by atoms with Gasteiger partial charge in [-0.2, -0.15) is 0 Å². The maximum absolute atomic E-state index is 10.3. The molecule has 1 saturated carbocycles. The SMILES string of the molecule is Oc1cc(-n2ccnc2)ncc1-c1ncc(SC2CCCCC2)nn1. The first kappa shape index (κ1) is 16.0. The van der Waals surface area contributed by atoms with Gasteiger partial charge in [0.2, 0.25) is 0 Å². The second kappa shape index (κ2) is 7.18. The topological polar surface area (TPSA) is 89.6 Å². The summed E-state index contributed by atoms with van der Waals surface area (Å²) in [7, 11) is 0. The van der Waals surface area contributed by atoms with Crippen molar-refractivity contribution in [3.63, 3.8) is 0 Å². The van der Waals surface area contributed by atoms with Gasteiger partial charge < -0.3 is 5.11 Å². The first-order valence-corrected chi connectivity index (χ1v) is 9.21. The van der Waals surface area contributed by atoms with Crippen LogP contribution in [0, 0.1) is 0 Å². The Morgan fingerprint density at radius 3 is 2.64 bits per heavy atom. The van der Waals surface area contributed by atoms with Gasteiger partial charge in [-0.3, -0.25) is 4.57 Å². The second-order valence-corrected chi connectivity index (χ2v) is 7.35. The van der Waals surface area contributed by atoms with Crippen LogP contribution in [0.3, 0.4) is 0 Å². The van der Waals surface area contributed by atoms with Crippen molar-refractivity contribution in [3.8, 4) is 23.0 Å². The summed E-state index contributed by atoms with van der Waals surface area (Å²) < 4.78 is 1.71. The molecule has 4 rings (SSSR count). The van der Waals surface area contributed by atoms with E-state index in [-0.39, 0.29) is 5.75 Å². The smallest absolute Gasteiger partial charge is 0.187 e. The summed E-state index contributed by atoms with van der Waals surface area (Å²) in [6, 6.07) is 1.56. The van der Waals surface area contributed by atoms with Crippen LogP contribution < -0.4 is 0 Å². The first-order chi connectivity index (χ1) is 12.3. The summed E-state index contributed by atoms with van der Waals surface area (Å²) in [6.45, 7) is 0. The van der Waals surface area contributed by atoms with Gasteiger partial charge in [-0.15, -0.1) is 10.2 Å². The number of hydrogen-bond acceptors (Lipinski definition) is 7. The fourth-order valence-corrected chi connectivity index (χ4v) is 4.05. The molecule has 7 nitrogen and oxygen atoms in total. The number of rotatable bonds is 4. The normalized spacial score (nSPS) is 15.4. The van der Waals surface area contributed by atoms with Crippen molar-refractivity contribution in [3.05, 3.63) is 37.2 Å². The van der Waals surface area contributed by atoms with Gasteiger partial charge in [-0.1, -0.05) is 31.0 Å². The Kier molecular flexibility index (Phi) is 4.60. The van der Waals surface area contributed by atoms with Gasteiger partial charge in [0, 0.05) is 29.9 Å². The van der Waals surface area contributed by atoms with Crippen molar-refractivity contribution in [2.45, 2.75) is 42.4 Å². The summed E-state index contributed by atoms with van der Waals surface area (Å²) in [4.78, 5) is 12.6. The molecule has 3 aromatic heterocycles. The zero-order chi connectivity index (χ0) is 17.1. The van der Waals surface area contributed by atoms with Crippen molar-refractivity contribution < 1.29 is 5.11 Å². The van der Waals surface area contributed by atoms with E-state index in [1.165, 1.54) is 32.1 Å². The Morgan fingerprint density at radius 2 is 1.96 bits per heavy atom. The molecule has 8 heteroatoms. The van der Waals surface area contributed by atoms with E-state index >= 15 is 0 Å². The average molecular weight is 354 g/mol. The third-order valence-electron chi connectivity index (χ3n) is 4.26. The van der Waals surface area contributed by atoms with Gasteiger partial charge >= 0.3 is 0 Å². The van der Waals surface area contributed by atoms with Crippen LogP contribution in [0.5, 0.6) is 5.75 Å². The van der Waals surface area contributed by atoms with E-state index in [9.17, 15) is 5.11 Å². The fraction of sp³-hybridized carbons (Fsp3) is 0.353. The van der Waals surface area contributed by atoms with E-state index < -0.39 is 0 Å². The summed E-state index contributed by atoms with van der Waals surface area (Å²) in [6.07, 6.45) is 14.7. The number of pyridine rings is 1. The fourth-order valence-electron chi connectivity index (χ4n) is 2.94. The van der Waals surface area contributed by atoms with Crippen LogP contribution >= 0.6 is 11.8 Å². The molecule has 3 aromatic rings. The Morgan fingerprint density at radius 1 is 1.08 bits per heavy atom. The quantitative estimate of drug-likeness (QED) is 0.769. The number of nitrogens with zero attached hydrogens (tertiary/aromatic N) is 6. The third-order valence-corrected chi connectivity index (χ3v) is 5.49. The molecule has 0 unspecified atom stereocenters. The van der Waals surface area contributed by atoms with E-state index in [1.54, 1.807) is 53.5 Å². The van der Waals surface area contributed by atoms with Crippen LogP contribution in [0.2, 0.25) is 0 Å². The maximum atomic E-state index is 10.3. The van der Waals surface area contributed by atoms with Gasteiger partial charge in [0.05, 0.1) is 11.8 Å². The van der Waals surface area contributed by atoms with Gasteiger partial charge in [0.25, 0.3) is 0 Å². The molecule has 0 amide bonds. The zero-order valence-electron chi connectivity index (χ0n) is 13.6. The summed E-state index contributed by atoms with van der Waals surface area (Å²) in [5, 5.41) is 20.2. The van der Waals surface area contributed by atoms with Gasteiger partial charge in [0.1, 0.15) is 22.9 Å². The highest BCUT2D eigenvalue weighted by Gasteiger charge is 2.16. The third kappa shape index (κ3) is 3.63. The number of imidazole rings is 1. The maximum Gasteiger partial charge on any atom is 0.187 e. The predicted octanol–water partition coefficient (Wildman–Crippen LogP) is 3.25. The minimum atomic E-state index is 0.0631. The molecule has 0 aromatic carbocycles. The minimum absolute atomic E-state index is 0.0631. The highest BCUT2D eigenvalue weighted by atomic mass is 32.2. The predicted molar refractivity (Wildman–Crippen MR) is 94.6 cm³/mol. The molecule has 0 aliphatic heterocycles.